The summed E-state index contributed by atoms with van der Waals surface area (Å²) in [5.41, 5.74) is 0.388. The van der Waals surface area contributed by atoms with Gasteiger partial charge in [0.05, 0.1) is 19.3 Å². The molecule has 114 valence electrons. The zero-order valence-electron chi connectivity index (χ0n) is 12.5. The zero-order valence-corrected chi connectivity index (χ0v) is 12.5. The van der Waals surface area contributed by atoms with Crippen LogP contribution in [0.4, 0.5) is 0 Å². The molecular formula is C14H18N2O5. The molecule has 0 radical (unpaired) electrons. The molecule has 0 aliphatic rings. The van der Waals surface area contributed by atoms with Gasteiger partial charge in [0.15, 0.2) is 11.5 Å². The Morgan fingerprint density at radius 2 is 1.90 bits per heavy atom. The van der Waals surface area contributed by atoms with Crippen LogP contribution < -0.4 is 4.84 Å². The van der Waals surface area contributed by atoms with E-state index in [0.29, 0.717) is 23.8 Å². The van der Waals surface area contributed by atoms with E-state index in [2.05, 4.69) is 19.9 Å². The second kappa shape index (κ2) is 8.57. The average Bonchev–Trinajstić information content (AvgIpc) is 2.50. The van der Waals surface area contributed by atoms with E-state index in [4.69, 9.17) is 9.57 Å². The molecule has 1 rings (SSSR count). The third-order valence-corrected chi connectivity index (χ3v) is 2.33. The summed E-state index contributed by atoms with van der Waals surface area (Å²) in [6, 6.07) is 6.77. The number of hydrogen-bond donors (Lipinski definition) is 0. The van der Waals surface area contributed by atoms with Crippen LogP contribution in [-0.2, 0) is 19.1 Å². The number of carbonyl (C=O) groups is 1. The fraction of sp³-hybridized carbons (Fsp3) is 0.357. The fourth-order valence-electron chi connectivity index (χ4n) is 1.47. The molecule has 0 aliphatic heterocycles. The van der Waals surface area contributed by atoms with Crippen LogP contribution in [0.3, 0.4) is 0 Å². The van der Waals surface area contributed by atoms with Gasteiger partial charge >= 0.3 is 5.97 Å². The molecule has 21 heavy (non-hydrogen) atoms. The summed E-state index contributed by atoms with van der Waals surface area (Å²) >= 11 is 0. The van der Waals surface area contributed by atoms with Crippen LogP contribution in [0.15, 0.2) is 34.6 Å². The molecule has 0 aliphatic carbocycles. The number of nitrogens with zero attached hydrogens (tertiary/aromatic N) is 2. The Morgan fingerprint density at radius 3 is 2.52 bits per heavy atom. The molecule has 0 unspecified atom stereocenters. The Labute approximate surface area is 123 Å². The van der Waals surface area contributed by atoms with Crippen molar-refractivity contribution in [2.75, 3.05) is 20.8 Å². The van der Waals surface area contributed by atoms with Gasteiger partial charge in [-0.05, 0) is 24.2 Å². The highest BCUT2D eigenvalue weighted by Crippen LogP contribution is 2.20. The van der Waals surface area contributed by atoms with E-state index in [1.807, 2.05) is 6.92 Å². The van der Waals surface area contributed by atoms with E-state index in [0.717, 1.165) is 0 Å². The van der Waals surface area contributed by atoms with E-state index in [9.17, 15) is 4.79 Å². The first-order chi connectivity index (χ1) is 10.1. The van der Waals surface area contributed by atoms with Crippen molar-refractivity contribution in [3.63, 3.8) is 0 Å². The minimum absolute atomic E-state index is 0.0140. The quantitative estimate of drug-likeness (QED) is 0.347. The number of methoxy groups -OCH3 is 1. The number of carbonyl (C=O) groups excluding carboxylic acids is 1. The van der Waals surface area contributed by atoms with Crippen molar-refractivity contribution in [1.82, 2.24) is 0 Å². The van der Waals surface area contributed by atoms with E-state index in [-0.39, 0.29) is 5.71 Å². The predicted molar refractivity (Wildman–Crippen MR) is 77.4 cm³/mol. The zero-order chi connectivity index (χ0) is 15.7. The first kappa shape index (κ1) is 16.5. The molecule has 7 heteroatoms. The Hall–Kier alpha value is -2.57. The van der Waals surface area contributed by atoms with Gasteiger partial charge in [-0.2, -0.15) is 0 Å². The summed E-state index contributed by atoms with van der Waals surface area (Å²) in [5, 5.41) is 7.49. The molecule has 0 atom stereocenters. The molecule has 0 fully saturated rings. The summed E-state index contributed by atoms with van der Waals surface area (Å²) in [7, 11) is 2.60. The molecule has 0 spiro atoms. The van der Waals surface area contributed by atoms with Gasteiger partial charge in [-0.1, -0.05) is 17.3 Å². The molecule has 0 saturated carbocycles. The standard InChI is InChI=1S/C14H18N2O5/c1-5-20-10(2)15-21-12-9-7-6-8-11(12)13(16-19-4)14(17)18-3/h6-9H,5H2,1-4H3. The minimum Gasteiger partial charge on any atom is -0.479 e. The molecule has 0 aromatic heterocycles. The van der Waals surface area contributed by atoms with Crippen molar-refractivity contribution in [3.05, 3.63) is 29.8 Å². The molecule has 0 saturated heterocycles. The molecular weight excluding hydrogens is 276 g/mol. The fourth-order valence-corrected chi connectivity index (χ4v) is 1.47. The van der Waals surface area contributed by atoms with E-state index in [1.54, 1.807) is 31.2 Å². The van der Waals surface area contributed by atoms with Gasteiger partial charge in [0.2, 0.25) is 5.90 Å². The Morgan fingerprint density at radius 1 is 1.19 bits per heavy atom. The largest absolute Gasteiger partial charge is 0.479 e. The van der Waals surface area contributed by atoms with Crippen LogP contribution in [0.5, 0.6) is 5.75 Å². The monoisotopic (exact) mass is 294 g/mol. The third-order valence-electron chi connectivity index (χ3n) is 2.33. The first-order valence-electron chi connectivity index (χ1n) is 6.27. The summed E-state index contributed by atoms with van der Waals surface area (Å²) in [5.74, 6) is 0.0618. The maximum Gasteiger partial charge on any atom is 0.360 e. The molecule has 0 bridgehead atoms. The maximum atomic E-state index is 11.7. The number of oxime groups is 2. The molecule has 7 nitrogen and oxygen atoms in total. The highest BCUT2D eigenvalue weighted by molar-refractivity contribution is 6.43. The minimum atomic E-state index is -0.640. The average molecular weight is 294 g/mol. The summed E-state index contributed by atoms with van der Waals surface area (Å²) in [4.78, 5) is 21.7. The lowest BCUT2D eigenvalue weighted by molar-refractivity contribution is -0.132. The molecule has 1 aromatic carbocycles. The number of para-hydroxylation sites is 1. The number of esters is 1. The Balaban J connectivity index is 3.10. The number of hydrogen-bond acceptors (Lipinski definition) is 7. The van der Waals surface area contributed by atoms with Crippen molar-refractivity contribution in [3.8, 4) is 5.75 Å². The highest BCUT2D eigenvalue weighted by atomic mass is 16.7. The van der Waals surface area contributed by atoms with Gasteiger partial charge in [0.25, 0.3) is 0 Å². The van der Waals surface area contributed by atoms with Gasteiger partial charge < -0.3 is 19.1 Å². The van der Waals surface area contributed by atoms with Crippen molar-refractivity contribution in [2.45, 2.75) is 13.8 Å². The molecule has 0 amide bonds. The van der Waals surface area contributed by atoms with Gasteiger partial charge in [-0.3, -0.25) is 0 Å². The van der Waals surface area contributed by atoms with Gasteiger partial charge in [-0.15, -0.1) is 0 Å². The Kier molecular flexibility index (Phi) is 6.73. The van der Waals surface area contributed by atoms with Crippen LogP contribution >= 0.6 is 0 Å². The Bertz CT molecular complexity index is 540. The SMILES string of the molecule is CCOC(C)=NOc1ccccc1C(=NOC)C(=O)OC. The summed E-state index contributed by atoms with van der Waals surface area (Å²) in [6.07, 6.45) is 0. The van der Waals surface area contributed by atoms with Crippen LogP contribution in [0.25, 0.3) is 0 Å². The van der Waals surface area contributed by atoms with Gasteiger partial charge in [0, 0.05) is 6.92 Å². The predicted octanol–water partition coefficient (Wildman–Crippen LogP) is 1.96. The van der Waals surface area contributed by atoms with Crippen molar-refractivity contribution in [2.24, 2.45) is 10.3 Å². The van der Waals surface area contributed by atoms with Crippen LogP contribution in [0.2, 0.25) is 0 Å². The highest BCUT2D eigenvalue weighted by Gasteiger charge is 2.20. The third kappa shape index (κ3) is 4.79. The van der Waals surface area contributed by atoms with Gasteiger partial charge in [-0.25, -0.2) is 4.79 Å². The van der Waals surface area contributed by atoms with Crippen LogP contribution in [0, 0.1) is 0 Å². The smallest absolute Gasteiger partial charge is 0.360 e. The molecule has 0 heterocycles. The first-order valence-corrected chi connectivity index (χ1v) is 6.27. The summed E-state index contributed by atoms with van der Waals surface area (Å²) < 4.78 is 9.83. The molecule has 1 aromatic rings. The number of benzene rings is 1. The lowest BCUT2D eigenvalue weighted by atomic mass is 10.1. The van der Waals surface area contributed by atoms with E-state index in [1.165, 1.54) is 14.2 Å². The van der Waals surface area contributed by atoms with Crippen molar-refractivity contribution >= 4 is 17.6 Å². The summed E-state index contributed by atoms with van der Waals surface area (Å²) in [6.45, 7) is 3.99. The number of ether oxygens (including phenoxy) is 2. The lowest BCUT2D eigenvalue weighted by Crippen LogP contribution is -2.18. The topological polar surface area (TPSA) is 78.7 Å². The number of rotatable bonds is 6. The van der Waals surface area contributed by atoms with Crippen molar-refractivity contribution < 1.29 is 23.9 Å². The second-order valence-electron chi connectivity index (χ2n) is 3.74. The van der Waals surface area contributed by atoms with Crippen molar-refractivity contribution in [1.29, 1.82) is 0 Å². The van der Waals surface area contributed by atoms with Crippen LogP contribution in [-0.4, -0.2) is 38.4 Å². The van der Waals surface area contributed by atoms with E-state index >= 15 is 0 Å². The van der Waals surface area contributed by atoms with E-state index < -0.39 is 5.97 Å². The van der Waals surface area contributed by atoms with Gasteiger partial charge in [0.1, 0.15) is 7.11 Å². The maximum absolute atomic E-state index is 11.7. The normalized spacial score (nSPS) is 11.8. The van der Waals surface area contributed by atoms with Crippen LogP contribution in [0.1, 0.15) is 19.4 Å². The second-order valence-corrected chi connectivity index (χ2v) is 3.74. The molecule has 0 N–H and O–H groups in total. The lowest BCUT2D eigenvalue weighted by Gasteiger charge is -2.08.